The van der Waals surface area contributed by atoms with Gasteiger partial charge in [0.05, 0.1) is 21.1 Å². The minimum absolute atomic E-state index is 0.206. The van der Waals surface area contributed by atoms with Crippen LogP contribution < -0.4 is 0 Å². The van der Waals surface area contributed by atoms with E-state index in [-0.39, 0.29) is 12.5 Å². The zero-order valence-corrected chi connectivity index (χ0v) is 11.0. The Balaban J connectivity index is 3.78. The molecule has 1 unspecified atom stereocenters. The first-order valence-corrected chi connectivity index (χ1v) is 6.01. The van der Waals surface area contributed by atoms with Gasteiger partial charge in [-0.1, -0.05) is 12.8 Å². The molecular weight excluding hydrogens is 222 g/mol. The summed E-state index contributed by atoms with van der Waals surface area (Å²) in [4.78, 5) is 21.3. The number of hydrogen-bond donors (Lipinski definition) is 2. The number of quaternary nitrogens is 1. The minimum atomic E-state index is -0.764. The fourth-order valence-corrected chi connectivity index (χ4v) is 1.81. The average molecular weight is 246 g/mol. The summed E-state index contributed by atoms with van der Waals surface area (Å²) in [5.74, 6) is -1.53. The summed E-state index contributed by atoms with van der Waals surface area (Å²) in [5.41, 5.74) is 0. The van der Waals surface area contributed by atoms with Gasteiger partial charge in [-0.15, -0.1) is 0 Å². The molecule has 2 N–H and O–H groups in total. The maximum atomic E-state index is 11.1. The summed E-state index contributed by atoms with van der Waals surface area (Å²) < 4.78 is 0.421. The minimum Gasteiger partial charge on any atom is -0.481 e. The molecule has 0 radical (unpaired) electrons. The molecule has 0 aliphatic carbocycles. The second-order valence-electron chi connectivity index (χ2n) is 5.32. The molecule has 100 valence electrons. The highest BCUT2D eigenvalue weighted by Crippen LogP contribution is 2.14. The second kappa shape index (κ2) is 7.27. The van der Waals surface area contributed by atoms with E-state index in [1.54, 1.807) is 0 Å². The SMILES string of the molecule is C[N+](C)(C)C(CCCCCCC(=O)O)C(=O)O. The first-order chi connectivity index (χ1) is 7.75. The molecule has 5 heteroatoms. The van der Waals surface area contributed by atoms with Crippen molar-refractivity contribution in [2.45, 2.75) is 44.6 Å². The van der Waals surface area contributed by atoms with Crippen LogP contribution in [0.25, 0.3) is 0 Å². The molecule has 0 aromatic rings. The first kappa shape index (κ1) is 15.9. The van der Waals surface area contributed by atoms with E-state index in [0.29, 0.717) is 17.3 Å². The van der Waals surface area contributed by atoms with Gasteiger partial charge >= 0.3 is 11.9 Å². The van der Waals surface area contributed by atoms with Crippen LogP contribution in [0.3, 0.4) is 0 Å². The predicted octanol–water partition coefficient (Wildman–Crippen LogP) is 1.57. The van der Waals surface area contributed by atoms with E-state index >= 15 is 0 Å². The molecule has 0 aromatic carbocycles. The maximum absolute atomic E-state index is 11.1. The standard InChI is InChI=1S/C12H23NO4/c1-13(2,3)10(12(16)17)8-6-4-5-7-9-11(14)15/h10H,4-9H2,1-3H3,(H-,14,15,16,17)/p+1. The maximum Gasteiger partial charge on any atom is 0.362 e. The van der Waals surface area contributed by atoms with Crippen LogP contribution in [0, 0.1) is 0 Å². The van der Waals surface area contributed by atoms with Gasteiger partial charge in [0, 0.05) is 12.8 Å². The summed E-state index contributed by atoms with van der Waals surface area (Å²) in [6.45, 7) is 0. The topological polar surface area (TPSA) is 74.6 Å². The molecule has 0 spiro atoms. The van der Waals surface area contributed by atoms with Crippen molar-refractivity contribution < 1.29 is 24.3 Å². The Bertz CT molecular complexity index is 258. The molecule has 0 aliphatic heterocycles. The van der Waals surface area contributed by atoms with Crippen LogP contribution in [-0.4, -0.2) is 53.8 Å². The smallest absolute Gasteiger partial charge is 0.362 e. The Morgan fingerprint density at radius 3 is 1.94 bits per heavy atom. The van der Waals surface area contributed by atoms with Gasteiger partial charge in [-0.3, -0.25) is 4.79 Å². The third-order valence-electron chi connectivity index (χ3n) is 2.84. The van der Waals surface area contributed by atoms with Crippen LogP contribution in [-0.2, 0) is 9.59 Å². The van der Waals surface area contributed by atoms with E-state index in [1.807, 2.05) is 21.1 Å². The Morgan fingerprint density at radius 2 is 1.53 bits per heavy atom. The zero-order chi connectivity index (χ0) is 13.5. The monoisotopic (exact) mass is 246 g/mol. The number of aliphatic carboxylic acids is 2. The second-order valence-corrected chi connectivity index (χ2v) is 5.32. The van der Waals surface area contributed by atoms with E-state index in [4.69, 9.17) is 10.2 Å². The van der Waals surface area contributed by atoms with Crippen LogP contribution in [0.2, 0.25) is 0 Å². The summed E-state index contributed by atoms with van der Waals surface area (Å²) in [6, 6.07) is -0.380. The molecule has 1 atom stereocenters. The molecule has 0 fully saturated rings. The lowest BCUT2D eigenvalue weighted by Crippen LogP contribution is -2.49. The summed E-state index contributed by atoms with van der Waals surface area (Å²) in [6.07, 6.45) is 4.12. The number of unbranched alkanes of at least 4 members (excludes halogenated alkanes) is 3. The molecule has 0 aliphatic rings. The Labute approximate surface area is 103 Å². The van der Waals surface area contributed by atoms with Crippen molar-refractivity contribution in [1.29, 1.82) is 0 Å². The number of carboxylic acids is 2. The van der Waals surface area contributed by atoms with E-state index < -0.39 is 11.9 Å². The van der Waals surface area contributed by atoms with Crippen molar-refractivity contribution in [2.75, 3.05) is 21.1 Å². The molecule has 0 aromatic heterocycles. The van der Waals surface area contributed by atoms with E-state index in [2.05, 4.69) is 0 Å². The van der Waals surface area contributed by atoms with Gasteiger partial charge in [0.15, 0.2) is 6.04 Å². The fraction of sp³-hybridized carbons (Fsp3) is 0.833. The van der Waals surface area contributed by atoms with Crippen molar-refractivity contribution in [3.8, 4) is 0 Å². The van der Waals surface area contributed by atoms with Gasteiger partial charge in [-0.25, -0.2) is 4.79 Å². The van der Waals surface area contributed by atoms with Crippen molar-refractivity contribution in [1.82, 2.24) is 0 Å². The van der Waals surface area contributed by atoms with Crippen molar-refractivity contribution >= 4 is 11.9 Å². The quantitative estimate of drug-likeness (QED) is 0.478. The molecule has 0 amide bonds. The van der Waals surface area contributed by atoms with Gasteiger partial charge in [-0.05, 0) is 12.8 Å². The van der Waals surface area contributed by atoms with E-state index in [0.717, 1.165) is 19.3 Å². The number of rotatable bonds is 9. The molecule has 0 rings (SSSR count). The van der Waals surface area contributed by atoms with Crippen LogP contribution in [0.1, 0.15) is 38.5 Å². The van der Waals surface area contributed by atoms with Crippen LogP contribution in [0.15, 0.2) is 0 Å². The van der Waals surface area contributed by atoms with Crippen LogP contribution in [0.4, 0.5) is 0 Å². The lowest BCUT2D eigenvalue weighted by Gasteiger charge is -2.31. The number of carboxylic acid groups (broad SMARTS) is 2. The average Bonchev–Trinajstić information content (AvgIpc) is 2.13. The van der Waals surface area contributed by atoms with Gasteiger partial charge in [0.1, 0.15) is 0 Å². The normalized spacial score (nSPS) is 13.4. The fourth-order valence-electron chi connectivity index (χ4n) is 1.81. The highest BCUT2D eigenvalue weighted by Gasteiger charge is 2.30. The molecule has 0 bridgehead atoms. The van der Waals surface area contributed by atoms with Gasteiger partial charge < -0.3 is 14.7 Å². The largest absolute Gasteiger partial charge is 0.481 e. The summed E-state index contributed by atoms with van der Waals surface area (Å²) >= 11 is 0. The highest BCUT2D eigenvalue weighted by atomic mass is 16.4. The lowest BCUT2D eigenvalue weighted by molar-refractivity contribution is -0.887. The van der Waals surface area contributed by atoms with Gasteiger partial charge in [0.25, 0.3) is 0 Å². The van der Waals surface area contributed by atoms with E-state index in [9.17, 15) is 9.59 Å². The van der Waals surface area contributed by atoms with E-state index in [1.165, 1.54) is 0 Å². The molecular formula is C12H24NO4+. The lowest BCUT2D eigenvalue weighted by atomic mass is 10.0. The Morgan fingerprint density at radius 1 is 1.00 bits per heavy atom. The third-order valence-corrected chi connectivity index (χ3v) is 2.84. The summed E-state index contributed by atoms with van der Waals surface area (Å²) in [5, 5.41) is 17.5. The number of carbonyl (C=O) groups is 2. The summed E-state index contributed by atoms with van der Waals surface area (Å²) in [7, 11) is 5.63. The number of likely N-dealkylation sites (N-methyl/N-ethyl adjacent to an activating group) is 1. The highest BCUT2D eigenvalue weighted by molar-refractivity contribution is 5.72. The third kappa shape index (κ3) is 7.74. The predicted molar refractivity (Wildman–Crippen MR) is 64.8 cm³/mol. The van der Waals surface area contributed by atoms with Gasteiger partial charge in [0.2, 0.25) is 0 Å². The number of hydrogen-bond acceptors (Lipinski definition) is 2. The molecule has 0 saturated heterocycles. The Hall–Kier alpha value is -1.10. The van der Waals surface area contributed by atoms with Crippen LogP contribution >= 0.6 is 0 Å². The molecule has 17 heavy (non-hydrogen) atoms. The van der Waals surface area contributed by atoms with Crippen molar-refractivity contribution in [3.63, 3.8) is 0 Å². The van der Waals surface area contributed by atoms with Crippen molar-refractivity contribution in [2.24, 2.45) is 0 Å². The Kier molecular flexibility index (Phi) is 6.80. The zero-order valence-electron chi connectivity index (χ0n) is 11.0. The molecule has 0 heterocycles. The molecule has 0 saturated carbocycles. The molecule has 5 nitrogen and oxygen atoms in total. The van der Waals surface area contributed by atoms with Crippen LogP contribution in [0.5, 0.6) is 0 Å². The van der Waals surface area contributed by atoms with Gasteiger partial charge in [-0.2, -0.15) is 0 Å². The number of nitrogens with zero attached hydrogens (tertiary/aromatic N) is 1. The van der Waals surface area contributed by atoms with Crippen molar-refractivity contribution in [3.05, 3.63) is 0 Å². The first-order valence-electron chi connectivity index (χ1n) is 6.01.